The first-order valence-electron chi connectivity index (χ1n) is 6.22. The number of amides is 1. The van der Waals surface area contributed by atoms with Crippen LogP contribution in [0.1, 0.15) is 23.4 Å². The maximum Gasteiger partial charge on any atom is 0.227 e. The third-order valence-electron chi connectivity index (χ3n) is 3.13. The number of aldehydes is 1. The van der Waals surface area contributed by atoms with Crippen LogP contribution >= 0.6 is 0 Å². The highest BCUT2D eigenvalue weighted by Crippen LogP contribution is 2.30. The van der Waals surface area contributed by atoms with Crippen molar-refractivity contribution in [2.45, 2.75) is 12.8 Å². The molecule has 1 amide bonds. The molecule has 0 unspecified atom stereocenters. The number of nitrogens with one attached hydrogen (secondary N) is 1. The Balaban J connectivity index is 1.74. The van der Waals surface area contributed by atoms with E-state index in [9.17, 15) is 9.59 Å². The van der Waals surface area contributed by atoms with Crippen LogP contribution in [0.2, 0.25) is 0 Å². The molecule has 4 nitrogen and oxygen atoms in total. The summed E-state index contributed by atoms with van der Waals surface area (Å²) in [6.07, 6.45) is 2.66. The molecule has 1 N–H and O–H groups in total. The van der Waals surface area contributed by atoms with Gasteiger partial charge in [-0.2, -0.15) is 0 Å². The van der Waals surface area contributed by atoms with E-state index in [-0.39, 0.29) is 11.8 Å². The van der Waals surface area contributed by atoms with Crippen molar-refractivity contribution in [1.82, 2.24) is 0 Å². The van der Waals surface area contributed by atoms with Gasteiger partial charge in [0.25, 0.3) is 0 Å². The Labute approximate surface area is 110 Å². The minimum Gasteiger partial charge on any atom is -0.453 e. The number of rotatable bonds is 4. The molecule has 1 aromatic heterocycles. The van der Waals surface area contributed by atoms with Crippen molar-refractivity contribution < 1.29 is 14.0 Å². The zero-order valence-electron chi connectivity index (χ0n) is 10.3. The van der Waals surface area contributed by atoms with E-state index in [0.717, 1.165) is 24.1 Å². The molecule has 2 aromatic rings. The summed E-state index contributed by atoms with van der Waals surface area (Å²) in [5, 5.41) is 2.87. The van der Waals surface area contributed by atoms with E-state index in [0.29, 0.717) is 17.8 Å². The van der Waals surface area contributed by atoms with Crippen LogP contribution in [0.5, 0.6) is 0 Å². The fraction of sp³-hybridized carbons (Fsp3) is 0.200. The number of hydrogen-bond donors (Lipinski definition) is 1. The molecule has 0 atom stereocenters. The van der Waals surface area contributed by atoms with Gasteiger partial charge in [-0.25, -0.2) is 0 Å². The highest BCUT2D eigenvalue weighted by Gasteiger charge is 2.29. The zero-order chi connectivity index (χ0) is 13.2. The van der Waals surface area contributed by atoms with E-state index in [4.69, 9.17) is 4.42 Å². The lowest BCUT2D eigenvalue weighted by Crippen LogP contribution is -2.12. The normalized spacial score (nSPS) is 14.1. The van der Waals surface area contributed by atoms with Crippen molar-refractivity contribution in [2.75, 3.05) is 5.32 Å². The first-order chi connectivity index (χ1) is 9.26. The number of furan rings is 1. The van der Waals surface area contributed by atoms with Crippen molar-refractivity contribution in [3.63, 3.8) is 0 Å². The molecule has 0 bridgehead atoms. The van der Waals surface area contributed by atoms with Crippen molar-refractivity contribution in [2.24, 2.45) is 5.92 Å². The number of carbonyl (C=O) groups is 2. The van der Waals surface area contributed by atoms with Gasteiger partial charge in [0.2, 0.25) is 5.91 Å². The number of hydrogen-bond acceptors (Lipinski definition) is 3. The van der Waals surface area contributed by atoms with E-state index in [1.165, 1.54) is 0 Å². The molecule has 1 fully saturated rings. The van der Waals surface area contributed by atoms with E-state index >= 15 is 0 Å². The smallest absolute Gasteiger partial charge is 0.227 e. The Bertz CT molecular complexity index is 609. The van der Waals surface area contributed by atoms with E-state index < -0.39 is 0 Å². The predicted octanol–water partition coefficient (Wildman–Crippen LogP) is 3.11. The third-order valence-corrected chi connectivity index (χ3v) is 3.13. The summed E-state index contributed by atoms with van der Waals surface area (Å²) < 4.78 is 5.33. The van der Waals surface area contributed by atoms with E-state index in [1.807, 2.05) is 24.3 Å². The van der Waals surface area contributed by atoms with E-state index in [1.54, 1.807) is 12.1 Å². The van der Waals surface area contributed by atoms with Crippen LogP contribution in [-0.2, 0) is 4.79 Å². The summed E-state index contributed by atoms with van der Waals surface area (Å²) in [6.45, 7) is 0. The quantitative estimate of drug-likeness (QED) is 0.854. The van der Waals surface area contributed by atoms with Crippen LogP contribution in [0.3, 0.4) is 0 Å². The lowest BCUT2D eigenvalue weighted by atomic mass is 10.1. The highest BCUT2D eigenvalue weighted by molar-refractivity contribution is 5.94. The van der Waals surface area contributed by atoms with Crippen LogP contribution in [0, 0.1) is 5.92 Å². The van der Waals surface area contributed by atoms with Gasteiger partial charge in [0.1, 0.15) is 5.76 Å². The lowest BCUT2D eigenvalue weighted by molar-refractivity contribution is -0.117. The Hall–Kier alpha value is -2.36. The summed E-state index contributed by atoms with van der Waals surface area (Å²) in [4.78, 5) is 22.2. The molecule has 1 aromatic carbocycles. The predicted molar refractivity (Wildman–Crippen MR) is 70.9 cm³/mol. The SMILES string of the molecule is O=Cc1ccc(-c2ccc(NC(=O)C3CC3)cc2)o1. The van der Waals surface area contributed by atoms with Crippen molar-refractivity contribution in [3.05, 3.63) is 42.2 Å². The van der Waals surface area contributed by atoms with Crippen molar-refractivity contribution in [1.29, 1.82) is 0 Å². The topological polar surface area (TPSA) is 59.3 Å². The molecule has 0 aliphatic heterocycles. The Morgan fingerprint density at radius 2 is 1.89 bits per heavy atom. The zero-order valence-corrected chi connectivity index (χ0v) is 10.3. The summed E-state index contributed by atoms with van der Waals surface area (Å²) in [5.41, 5.74) is 1.65. The maximum absolute atomic E-state index is 11.6. The van der Waals surface area contributed by atoms with Crippen LogP contribution in [-0.4, -0.2) is 12.2 Å². The molecule has 1 aliphatic rings. The molecule has 0 saturated heterocycles. The molecule has 19 heavy (non-hydrogen) atoms. The molecule has 96 valence electrons. The average Bonchev–Trinajstić information content (AvgIpc) is 3.18. The second-order valence-corrected chi connectivity index (χ2v) is 4.66. The first kappa shape index (κ1) is 11.7. The van der Waals surface area contributed by atoms with Gasteiger partial charge in [-0.1, -0.05) is 0 Å². The van der Waals surface area contributed by atoms with Crippen LogP contribution in [0.4, 0.5) is 5.69 Å². The van der Waals surface area contributed by atoms with Gasteiger partial charge in [-0.05, 0) is 49.2 Å². The summed E-state index contributed by atoms with van der Waals surface area (Å²) in [5.74, 6) is 1.23. The summed E-state index contributed by atoms with van der Waals surface area (Å²) in [6, 6.07) is 10.8. The Kier molecular flexibility index (Phi) is 2.91. The largest absolute Gasteiger partial charge is 0.453 e. The molecule has 4 heteroatoms. The summed E-state index contributed by atoms with van der Waals surface area (Å²) in [7, 11) is 0. The summed E-state index contributed by atoms with van der Waals surface area (Å²) >= 11 is 0. The van der Waals surface area contributed by atoms with Gasteiger partial charge in [0, 0.05) is 17.2 Å². The van der Waals surface area contributed by atoms with Gasteiger partial charge in [0.05, 0.1) is 0 Å². The average molecular weight is 255 g/mol. The lowest BCUT2D eigenvalue weighted by Gasteiger charge is -2.04. The standard InChI is InChI=1S/C15H13NO3/c17-9-13-7-8-14(19-13)10-3-5-12(6-4-10)16-15(18)11-1-2-11/h3-9,11H,1-2H2,(H,16,18). The number of benzene rings is 1. The van der Waals surface area contributed by atoms with E-state index in [2.05, 4.69) is 5.32 Å². The van der Waals surface area contributed by atoms with Gasteiger partial charge < -0.3 is 9.73 Å². The molecular formula is C15H13NO3. The van der Waals surface area contributed by atoms with Gasteiger partial charge in [-0.3, -0.25) is 9.59 Å². The van der Waals surface area contributed by atoms with Crippen LogP contribution in [0.15, 0.2) is 40.8 Å². The minimum absolute atomic E-state index is 0.0917. The molecule has 0 radical (unpaired) electrons. The second kappa shape index (κ2) is 4.72. The Morgan fingerprint density at radius 3 is 2.47 bits per heavy atom. The highest BCUT2D eigenvalue weighted by atomic mass is 16.3. The van der Waals surface area contributed by atoms with Crippen LogP contribution < -0.4 is 5.32 Å². The molecular weight excluding hydrogens is 242 g/mol. The molecule has 1 saturated carbocycles. The van der Waals surface area contributed by atoms with Gasteiger partial charge in [0.15, 0.2) is 12.0 Å². The number of carbonyl (C=O) groups excluding carboxylic acids is 2. The second-order valence-electron chi connectivity index (χ2n) is 4.66. The molecule has 1 aliphatic carbocycles. The van der Waals surface area contributed by atoms with Crippen LogP contribution in [0.25, 0.3) is 11.3 Å². The molecule has 3 rings (SSSR count). The number of anilines is 1. The molecule has 0 spiro atoms. The fourth-order valence-electron chi connectivity index (χ4n) is 1.88. The first-order valence-corrected chi connectivity index (χ1v) is 6.22. The fourth-order valence-corrected chi connectivity index (χ4v) is 1.88. The van der Waals surface area contributed by atoms with Gasteiger partial charge in [-0.15, -0.1) is 0 Å². The van der Waals surface area contributed by atoms with Crippen molar-refractivity contribution >= 4 is 17.9 Å². The minimum atomic E-state index is 0.0917. The third kappa shape index (κ3) is 2.57. The van der Waals surface area contributed by atoms with Crippen molar-refractivity contribution in [3.8, 4) is 11.3 Å². The monoisotopic (exact) mass is 255 g/mol. The maximum atomic E-state index is 11.6. The molecule has 1 heterocycles. The Morgan fingerprint density at radius 1 is 1.16 bits per heavy atom. The van der Waals surface area contributed by atoms with Gasteiger partial charge >= 0.3 is 0 Å².